The number of pyridine rings is 1. The summed E-state index contributed by atoms with van der Waals surface area (Å²) in [4.78, 5) is 15.9. The van der Waals surface area contributed by atoms with Crippen molar-refractivity contribution in [2.24, 2.45) is 0 Å². The lowest BCUT2D eigenvalue weighted by molar-refractivity contribution is 0.0900. The summed E-state index contributed by atoms with van der Waals surface area (Å²) in [7, 11) is 0. The van der Waals surface area contributed by atoms with E-state index in [2.05, 4.69) is 10.3 Å². The molecule has 0 aromatic carbocycles. The maximum absolute atomic E-state index is 12.0. The molecule has 4 nitrogen and oxygen atoms in total. The SMILES string of the molecule is CCC(C)(CC)NC(=O)c1cnc(N)c(Cl)c1. The Balaban J connectivity index is 2.86. The van der Waals surface area contributed by atoms with E-state index in [4.69, 9.17) is 17.3 Å². The molecule has 94 valence electrons. The van der Waals surface area contributed by atoms with Gasteiger partial charge in [0, 0.05) is 11.7 Å². The highest BCUT2D eigenvalue weighted by Gasteiger charge is 2.22. The van der Waals surface area contributed by atoms with Gasteiger partial charge in [0.25, 0.3) is 5.91 Å². The highest BCUT2D eigenvalue weighted by atomic mass is 35.5. The van der Waals surface area contributed by atoms with E-state index >= 15 is 0 Å². The Hall–Kier alpha value is -1.29. The van der Waals surface area contributed by atoms with Gasteiger partial charge in [0.05, 0.1) is 10.6 Å². The fourth-order valence-electron chi connectivity index (χ4n) is 1.35. The summed E-state index contributed by atoms with van der Waals surface area (Å²) < 4.78 is 0. The van der Waals surface area contributed by atoms with Crippen molar-refractivity contribution in [3.8, 4) is 0 Å². The number of nitrogens with one attached hydrogen (secondary N) is 1. The van der Waals surface area contributed by atoms with Crippen LogP contribution >= 0.6 is 11.6 Å². The molecular weight excluding hydrogens is 238 g/mol. The van der Waals surface area contributed by atoms with Crippen molar-refractivity contribution in [3.05, 3.63) is 22.8 Å². The maximum Gasteiger partial charge on any atom is 0.253 e. The van der Waals surface area contributed by atoms with Gasteiger partial charge in [-0.3, -0.25) is 4.79 Å². The van der Waals surface area contributed by atoms with Crippen molar-refractivity contribution >= 4 is 23.3 Å². The third-order valence-electron chi connectivity index (χ3n) is 3.11. The van der Waals surface area contributed by atoms with Crippen LogP contribution in [0, 0.1) is 0 Å². The van der Waals surface area contributed by atoms with Crippen LogP contribution in [0.4, 0.5) is 5.82 Å². The van der Waals surface area contributed by atoms with Crippen LogP contribution in [0.1, 0.15) is 44.0 Å². The van der Waals surface area contributed by atoms with Crippen LogP contribution in [0.25, 0.3) is 0 Å². The lowest BCUT2D eigenvalue weighted by Gasteiger charge is -2.28. The molecule has 0 spiro atoms. The fourth-order valence-corrected chi connectivity index (χ4v) is 1.51. The van der Waals surface area contributed by atoms with Crippen LogP contribution in [0.3, 0.4) is 0 Å². The maximum atomic E-state index is 12.0. The van der Waals surface area contributed by atoms with Crippen molar-refractivity contribution in [3.63, 3.8) is 0 Å². The second kappa shape index (κ2) is 5.36. The van der Waals surface area contributed by atoms with E-state index in [-0.39, 0.29) is 17.3 Å². The van der Waals surface area contributed by atoms with E-state index in [1.165, 1.54) is 12.3 Å². The molecule has 5 heteroatoms. The number of nitrogens with zero attached hydrogens (tertiary/aromatic N) is 1. The Morgan fingerprint density at radius 1 is 1.53 bits per heavy atom. The molecule has 1 heterocycles. The highest BCUT2D eigenvalue weighted by Crippen LogP contribution is 2.18. The monoisotopic (exact) mass is 255 g/mol. The van der Waals surface area contributed by atoms with Gasteiger partial charge >= 0.3 is 0 Å². The zero-order chi connectivity index (χ0) is 13.1. The Bertz CT molecular complexity index is 416. The molecule has 17 heavy (non-hydrogen) atoms. The number of amides is 1. The zero-order valence-electron chi connectivity index (χ0n) is 10.4. The molecule has 0 unspecified atom stereocenters. The molecule has 0 radical (unpaired) electrons. The van der Waals surface area contributed by atoms with Gasteiger partial charge in [-0.15, -0.1) is 0 Å². The molecule has 0 aliphatic carbocycles. The first-order valence-corrected chi connectivity index (χ1v) is 6.03. The van der Waals surface area contributed by atoms with E-state index < -0.39 is 0 Å². The van der Waals surface area contributed by atoms with Gasteiger partial charge in [0.2, 0.25) is 0 Å². The summed E-state index contributed by atoms with van der Waals surface area (Å²) >= 11 is 5.83. The smallest absolute Gasteiger partial charge is 0.253 e. The topological polar surface area (TPSA) is 68.0 Å². The van der Waals surface area contributed by atoms with Gasteiger partial charge in [-0.1, -0.05) is 25.4 Å². The van der Waals surface area contributed by atoms with E-state index in [0.29, 0.717) is 10.6 Å². The van der Waals surface area contributed by atoms with Gasteiger partial charge in [0.1, 0.15) is 5.82 Å². The first-order valence-electron chi connectivity index (χ1n) is 5.65. The van der Waals surface area contributed by atoms with Gasteiger partial charge in [-0.2, -0.15) is 0 Å². The number of rotatable bonds is 4. The van der Waals surface area contributed by atoms with Crippen LogP contribution in [0.5, 0.6) is 0 Å². The summed E-state index contributed by atoms with van der Waals surface area (Å²) in [6.07, 6.45) is 3.17. The number of anilines is 1. The Labute approximate surface area is 107 Å². The van der Waals surface area contributed by atoms with Gasteiger partial charge < -0.3 is 11.1 Å². The predicted octanol–water partition coefficient (Wildman–Crippen LogP) is 2.63. The highest BCUT2D eigenvalue weighted by molar-refractivity contribution is 6.33. The summed E-state index contributed by atoms with van der Waals surface area (Å²) in [5, 5.41) is 3.28. The molecule has 0 atom stereocenters. The minimum atomic E-state index is -0.203. The number of hydrogen-bond donors (Lipinski definition) is 2. The molecule has 1 rings (SSSR count). The Kier molecular flexibility index (Phi) is 4.34. The number of nitrogen functional groups attached to an aromatic ring is 1. The second-order valence-electron chi connectivity index (χ2n) is 4.31. The summed E-state index contributed by atoms with van der Waals surface area (Å²) in [5.74, 6) is 0.0579. The number of carbonyl (C=O) groups excluding carboxylic acids is 1. The summed E-state index contributed by atoms with van der Waals surface area (Å²) in [5.41, 5.74) is 5.72. The Morgan fingerprint density at radius 2 is 2.12 bits per heavy atom. The van der Waals surface area contributed by atoms with Crippen molar-refractivity contribution in [2.45, 2.75) is 39.2 Å². The molecule has 0 saturated heterocycles. The number of aromatic nitrogens is 1. The average Bonchev–Trinajstić information content (AvgIpc) is 2.32. The number of carbonyl (C=O) groups is 1. The summed E-state index contributed by atoms with van der Waals surface area (Å²) in [6.45, 7) is 6.09. The number of nitrogens with two attached hydrogens (primary N) is 1. The molecule has 1 aromatic heterocycles. The predicted molar refractivity (Wildman–Crippen MR) is 70.1 cm³/mol. The first-order chi connectivity index (χ1) is 7.91. The normalized spacial score (nSPS) is 11.3. The minimum absolute atomic E-state index is 0.175. The third-order valence-corrected chi connectivity index (χ3v) is 3.41. The van der Waals surface area contributed by atoms with Crippen LogP contribution in [-0.2, 0) is 0 Å². The van der Waals surface area contributed by atoms with Crippen LogP contribution < -0.4 is 11.1 Å². The molecule has 0 aliphatic heterocycles. The van der Waals surface area contributed by atoms with Crippen LogP contribution in [-0.4, -0.2) is 16.4 Å². The van der Waals surface area contributed by atoms with Gasteiger partial charge in [-0.25, -0.2) is 4.98 Å². The number of halogens is 1. The third kappa shape index (κ3) is 3.33. The molecule has 1 amide bonds. The minimum Gasteiger partial charge on any atom is -0.382 e. The second-order valence-corrected chi connectivity index (χ2v) is 4.72. The first kappa shape index (κ1) is 13.8. The zero-order valence-corrected chi connectivity index (χ0v) is 11.1. The standard InChI is InChI=1S/C12H18ClN3O/c1-4-12(3,5-2)16-11(17)8-6-9(13)10(14)15-7-8/h6-7H,4-5H2,1-3H3,(H2,14,15)(H,16,17). The quantitative estimate of drug-likeness (QED) is 0.869. The molecule has 1 aromatic rings. The van der Waals surface area contributed by atoms with Crippen molar-refractivity contribution in [2.75, 3.05) is 5.73 Å². The molecule has 0 bridgehead atoms. The van der Waals surface area contributed by atoms with Gasteiger partial charge in [0.15, 0.2) is 0 Å². The van der Waals surface area contributed by atoms with Gasteiger partial charge in [-0.05, 0) is 25.8 Å². The van der Waals surface area contributed by atoms with Crippen LogP contribution in [0.15, 0.2) is 12.3 Å². The van der Waals surface area contributed by atoms with Crippen LogP contribution in [0.2, 0.25) is 5.02 Å². The van der Waals surface area contributed by atoms with Crippen molar-refractivity contribution in [1.82, 2.24) is 10.3 Å². The average molecular weight is 256 g/mol. The van der Waals surface area contributed by atoms with Crippen molar-refractivity contribution < 1.29 is 4.79 Å². The molecule has 0 saturated carbocycles. The largest absolute Gasteiger partial charge is 0.382 e. The lowest BCUT2D eigenvalue weighted by atomic mass is 9.95. The molecular formula is C12H18ClN3O. The van der Waals surface area contributed by atoms with Crippen molar-refractivity contribution in [1.29, 1.82) is 0 Å². The summed E-state index contributed by atoms with van der Waals surface area (Å²) in [6, 6.07) is 1.53. The van der Waals surface area contributed by atoms with E-state index in [1.807, 2.05) is 20.8 Å². The van der Waals surface area contributed by atoms with E-state index in [9.17, 15) is 4.79 Å². The molecule has 3 N–H and O–H groups in total. The Morgan fingerprint density at radius 3 is 2.59 bits per heavy atom. The fraction of sp³-hybridized carbons (Fsp3) is 0.500. The van der Waals surface area contributed by atoms with E-state index in [1.54, 1.807) is 0 Å². The molecule has 0 aliphatic rings. The molecule has 0 fully saturated rings. The lowest BCUT2D eigenvalue weighted by Crippen LogP contribution is -2.45. The number of hydrogen-bond acceptors (Lipinski definition) is 3. The van der Waals surface area contributed by atoms with E-state index in [0.717, 1.165) is 12.8 Å².